The number of ketones is 1. The Labute approximate surface area is 110 Å². The number of nitrogens with zero attached hydrogens (tertiary/aromatic N) is 1. The Kier molecular flexibility index (Phi) is 3.94. The molecule has 0 radical (unpaired) electrons. The van der Waals surface area contributed by atoms with E-state index in [2.05, 4.69) is 11.9 Å². The molecule has 100 valence electrons. The smallest absolute Gasteiger partial charge is 0.270 e. The Morgan fingerprint density at radius 1 is 1.37 bits per heavy atom. The van der Waals surface area contributed by atoms with Crippen LogP contribution in [-0.4, -0.2) is 15.7 Å². The summed E-state index contributed by atoms with van der Waals surface area (Å²) in [4.78, 5) is 25.4. The van der Waals surface area contributed by atoms with Crippen molar-refractivity contribution in [2.45, 2.75) is 32.6 Å². The number of hydrogen-bond acceptors (Lipinski definition) is 3. The first-order chi connectivity index (χ1) is 9.13. The number of aromatic nitrogens is 1. The van der Waals surface area contributed by atoms with Gasteiger partial charge in [0.1, 0.15) is 0 Å². The number of nitro benzene ring substituents is 1. The van der Waals surface area contributed by atoms with Gasteiger partial charge in [-0.1, -0.05) is 19.8 Å². The average molecular weight is 260 g/mol. The molecule has 0 unspecified atom stereocenters. The molecule has 0 saturated heterocycles. The summed E-state index contributed by atoms with van der Waals surface area (Å²) in [6.45, 7) is 2.08. The van der Waals surface area contributed by atoms with Crippen LogP contribution in [0.2, 0.25) is 0 Å². The number of rotatable bonds is 6. The molecular formula is C14H16N2O3. The number of carbonyl (C=O) groups excluding carboxylic acids is 1. The van der Waals surface area contributed by atoms with Crippen molar-refractivity contribution in [3.05, 3.63) is 40.1 Å². The Hall–Kier alpha value is -2.17. The number of non-ortho nitro benzene ring substituents is 1. The van der Waals surface area contributed by atoms with Crippen LogP contribution in [-0.2, 0) is 0 Å². The van der Waals surface area contributed by atoms with Crippen molar-refractivity contribution in [1.82, 2.24) is 4.98 Å². The summed E-state index contributed by atoms with van der Waals surface area (Å²) in [5.74, 6) is 0.0418. The number of aromatic amines is 1. The number of hydrogen-bond donors (Lipinski definition) is 1. The molecule has 5 nitrogen and oxygen atoms in total. The van der Waals surface area contributed by atoms with E-state index < -0.39 is 4.92 Å². The molecule has 0 bridgehead atoms. The highest BCUT2D eigenvalue weighted by molar-refractivity contribution is 6.08. The molecule has 0 amide bonds. The third-order valence-corrected chi connectivity index (χ3v) is 3.18. The topological polar surface area (TPSA) is 76.0 Å². The summed E-state index contributed by atoms with van der Waals surface area (Å²) in [7, 11) is 0. The van der Waals surface area contributed by atoms with Gasteiger partial charge in [0.2, 0.25) is 0 Å². The zero-order valence-corrected chi connectivity index (χ0v) is 10.8. The molecule has 0 aliphatic rings. The quantitative estimate of drug-likeness (QED) is 0.371. The monoisotopic (exact) mass is 260 g/mol. The fourth-order valence-corrected chi connectivity index (χ4v) is 2.12. The van der Waals surface area contributed by atoms with Crippen LogP contribution in [0.15, 0.2) is 24.4 Å². The number of fused-ring (bicyclic) bond motifs is 1. The molecule has 0 aliphatic heterocycles. The molecule has 1 aromatic carbocycles. The molecule has 2 aromatic rings. The molecule has 5 heteroatoms. The number of nitro groups is 1. The van der Waals surface area contributed by atoms with Crippen molar-refractivity contribution in [2.75, 3.05) is 0 Å². The zero-order valence-electron chi connectivity index (χ0n) is 10.8. The van der Waals surface area contributed by atoms with Gasteiger partial charge in [-0.05, 0) is 12.5 Å². The lowest BCUT2D eigenvalue weighted by Gasteiger charge is -1.99. The standard InChI is InChI=1S/C14H16N2O3/c1-2-3-4-5-14(17)12-9-15-13-7-6-10(16(18)19)8-11(12)13/h6-9,15H,2-5H2,1H3. The maximum absolute atomic E-state index is 12.1. The lowest BCUT2D eigenvalue weighted by atomic mass is 10.0. The molecule has 1 N–H and O–H groups in total. The van der Waals surface area contributed by atoms with Gasteiger partial charge in [0.05, 0.1) is 4.92 Å². The lowest BCUT2D eigenvalue weighted by Crippen LogP contribution is -1.98. The normalized spacial score (nSPS) is 10.8. The second-order valence-electron chi connectivity index (χ2n) is 4.57. The number of carbonyl (C=O) groups is 1. The molecule has 0 atom stereocenters. The third kappa shape index (κ3) is 2.81. The minimum Gasteiger partial charge on any atom is -0.360 e. The van der Waals surface area contributed by atoms with E-state index in [9.17, 15) is 14.9 Å². The van der Waals surface area contributed by atoms with Gasteiger partial charge >= 0.3 is 0 Å². The third-order valence-electron chi connectivity index (χ3n) is 3.18. The SMILES string of the molecule is CCCCCC(=O)c1c[nH]c2ccc([N+](=O)[O-])cc12. The van der Waals surface area contributed by atoms with Gasteiger partial charge < -0.3 is 4.98 Å². The van der Waals surface area contributed by atoms with Gasteiger partial charge in [0, 0.05) is 41.2 Å². The molecule has 0 spiro atoms. The lowest BCUT2D eigenvalue weighted by molar-refractivity contribution is -0.384. The largest absolute Gasteiger partial charge is 0.360 e. The second-order valence-corrected chi connectivity index (χ2v) is 4.57. The van der Waals surface area contributed by atoms with Crippen LogP contribution in [0.1, 0.15) is 43.0 Å². The molecule has 0 saturated carbocycles. The Balaban J connectivity index is 2.30. The first kappa shape index (κ1) is 13.3. The van der Waals surface area contributed by atoms with Crippen molar-refractivity contribution in [1.29, 1.82) is 0 Å². The zero-order chi connectivity index (χ0) is 13.8. The summed E-state index contributed by atoms with van der Waals surface area (Å²) in [5.41, 5.74) is 1.31. The number of nitrogens with one attached hydrogen (secondary N) is 1. The predicted octanol–water partition coefficient (Wildman–Crippen LogP) is 3.84. The van der Waals surface area contributed by atoms with Gasteiger partial charge in [-0.3, -0.25) is 14.9 Å². The average Bonchev–Trinajstić information content (AvgIpc) is 2.81. The van der Waals surface area contributed by atoms with Crippen LogP contribution in [0.4, 0.5) is 5.69 Å². The van der Waals surface area contributed by atoms with Crippen molar-refractivity contribution in [3.8, 4) is 0 Å². The Morgan fingerprint density at radius 3 is 2.84 bits per heavy atom. The molecule has 1 aromatic heterocycles. The van der Waals surface area contributed by atoms with Gasteiger partial charge in [-0.15, -0.1) is 0 Å². The van der Waals surface area contributed by atoms with Gasteiger partial charge in [-0.2, -0.15) is 0 Å². The van der Waals surface area contributed by atoms with E-state index in [0.717, 1.165) is 24.8 Å². The highest BCUT2D eigenvalue weighted by Crippen LogP contribution is 2.25. The molecule has 0 aliphatic carbocycles. The summed E-state index contributed by atoms with van der Waals surface area (Å²) >= 11 is 0. The van der Waals surface area contributed by atoms with Crippen LogP contribution in [0.3, 0.4) is 0 Å². The Morgan fingerprint density at radius 2 is 2.16 bits per heavy atom. The first-order valence-electron chi connectivity index (χ1n) is 6.42. The molecule has 0 fully saturated rings. The van der Waals surface area contributed by atoms with Crippen LogP contribution >= 0.6 is 0 Å². The summed E-state index contributed by atoms with van der Waals surface area (Å²) in [6, 6.07) is 4.53. The van der Waals surface area contributed by atoms with E-state index in [0.29, 0.717) is 17.4 Å². The maximum Gasteiger partial charge on any atom is 0.270 e. The van der Waals surface area contributed by atoms with Gasteiger partial charge in [0.25, 0.3) is 5.69 Å². The van der Waals surface area contributed by atoms with Crippen molar-refractivity contribution < 1.29 is 9.72 Å². The number of benzene rings is 1. The van der Waals surface area contributed by atoms with Gasteiger partial charge in [0.15, 0.2) is 5.78 Å². The van der Waals surface area contributed by atoms with Crippen molar-refractivity contribution in [3.63, 3.8) is 0 Å². The van der Waals surface area contributed by atoms with Crippen LogP contribution < -0.4 is 0 Å². The highest BCUT2D eigenvalue weighted by atomic mass is 16.6. The minimum atomic E-state index is -0.447. The number of Topliss-reactive ketones (excluding diaryl/α,β-unsaturated/α-hetero) is 1. The summed E-state index contributed by atoms with van der Waals surface area (Å²) in [6.07, 6.45) is 5.07. The maximum atomic E-state index is 12.1. The van der Waals surface area contributed by atoms with E-state index in [4.69, 9.17) is 0 Å². The van der Waals surface area contributed by atoms with Crippen LogP contribution in [0, 0.1) is 10.1 Å². The van der Waals surface area contributed by atoms with E-state index >= 15 is 0 Å². The molecular weight excluding hydrogens is 244 g/mol. The fourth-order valence-electron chi connectivity index (χ4n) is 2.12. The number of unbranched alkanes of at least 4 members (excludes halogenated alkanes) is 2. The molecule has 1 heterocycles. The highest BCUT2D eigenvalue weighted by Gasteiger charge is 2.14. The van der Waals surface area contributed by atoms with Crippen molar-refractivity contribution in [2.24, 2.45) is 0 Å². The molecule has 2 rings (SSSR count). The minimum absolute atomic E-state index is 0.00899. The summed E-state index contributed by atoms with van der Waals surface area (Å²) < 4.78 is 0. The van der Waals surface area contributed by atoms with E-state index in [1.54, 1.807) is 12.3 Å². The van der Waals surface area contributed by atoms with Crippen LogP contribution in [0.25, 0.3) is 10.9 Å². The van der Waals surface area contributed by atoms with Crippen molar-refractivity contribution >= 4 is 22.4 Å². The predicted molar refractivity (Wildman–Crippen MR) is 73.4 cm³/mol. The van der Waals surface area contributed by atoms with Gasteiger partial charge in [-0.25, -0.2) is 0 Å². The van der Waals surface area contributed by atoms with E-state index in [1.165, 1.54) is 12.1 Å². The first-order valence-corrected chi connectivity index (χ1v) is 6.42. The van der Waals surface area contributed by atoms with E-state index in [1.807, 2.05) is 0 Å². The van der Waals surface area contributed by atoms with E-state index in [-0.39, 0.29) is 11.5 Å². The fraction of sp³-hybridized carbons (Fsp3) is 0.357. The van der Waals surface area contributed by atoms with Crippen LogP contribution in [0.5, 0.6) is 0 Å². The second kappa shape index (κ2) is 5.65. The molecule has 19 heavy (non-hydrogen) atoms. The summed E-state index contributed by atoms with van der Waals surface area (Å²) in [5, 5.41) is 11.4. The number of H-pyrrole nitrogens is 1. The Bertz CT molecular complexity index is 616.